The zero-order chi connectivity index (χ0) is 18.1. The predicted octanol–water partition coefficient (Wildman–Crippen LogP) is 3.36. The van der Waals surface area contributed by atoms with Crippen molar-refractivity contribution in [2.24, 2.45) is 11.8 Å². The van der Waals surface area contributed by atoms with Gasteiger partial charge in [-0.1, -0.05) is 60.7 Å². The largest absolute Gasteiger partial charge is 0.481 e. The van der Waals surface area contributed by atoms with Crippen molar-refractivity contribution in [1.82, 2.24) is 4.90 Å². The lowest BCUT2D eigenvalue weighted by Gasteiger charge is -2.36. The summed E-state index contributed by atoms with van der Waals surface area (Å²) in [5, 5.41) is 10.2. The molecule has 2 bridgehead atoms. The molecule has 3 atom stereocenters. The third kappa shape index (κ3) is 2.94. The van der Waals surface area contributed by atoms with E-state index < -0.39 is 11.9 Å². The number of carbonyl (C=O) groups excluding carboxylic acids is 1. The molecule has 4 rings (SSSR count). The van der Waals surface area contributed by atoms with Gasteiger partial charge in [0.15, 0.2) is 0 Å². The van der Waals surface area contributed by atoms with Crippen molar-refractivity contribution in [2.45, 2.75) is 18.4 Å². The Kier molecular flexibility index (Phi) is 4.37. The van der Waals surface area contributed by atoms with Crippen molar-refractivity contribution in [1.29, 1.82) is 0 Å². The van der Waals surface area contributed by atoms with E-state index in [4.69, 9.17) is 4.74 Å². The standard InChI is InChI=1S/C21H21NO4/c23-20(24)19(16-11-12-22-13-17(16)26-21(22)25)18(14-7-3-1-4-8-14)15-9-5-2-6-10-15/h1-10,16-19H,11-13H2,(H,23,24)/t16?,17-,19?/m1/s1. The van der Waals surface area contributed by atoms with E-state index in [1.54, 1.807) is 4.90 Å². The van der Waals surface area contributed by atoms with Crippen molar-refractivity contribution in [3.05, 3.63) is 71.8 Å². The van der Waals surface area contributed by atoms with Crippen LogP contribution in [0.25, 0.3) is 0 Å². The summed E-state index contributed by atoms with van der Waals surface area (Å²) in [6, 6.07) is 19.5. The fourth-order valence-corrected chi connectivity index (χ4v) is 4.34. The van der Waals surface area contributed by atoms with E-state index in [9.17, 15) is 14.7 Å². The minimum atomic E-state index is -0.843. The first-order valence-electron chi connectivity index (χ1n) is 8.93. The maximum atomic E-state index is 12.4. The molecule has 0 spiro atoms. The van der Waals surface area contributed by atoms with Gasteiger partial charge in [-0.3, -0.25) is 4.79 Å². The van der Waals surface area contributed by atoms with Crippen LogP contribution in [0.5, 0.6) is 0 Å². The van der Waals surface area contributed by atoms with Crippen molar-refractivity contribution in [3.8, 4) is 0 Å². The molecule has 2 aliphatic heterocycles. The number of aliphatic carboxylic acids is 1. The van der Waals surface area contributed by atoms with Crippen LogP contribution >= 0.6 is 0 Å². The van der Waals surface area contributed by atoms with Gasteiger partial charge in [-0.05, 0) is 17.5 Å². The summed E-state index contributed by atoms with van der Waals surface area (Å²) in [7, 11) is 0. The van der Waals surface area contributed by atoms with E-state index >= 15 is 0 Å². The van der Waals surface area contributed by atoms with E-state index in [2.05, 4.69) is 0 Å². The molecule has 5 nitrogen and oxygen atoms in total. The maximum absolute atomic E-state index is 12.4. The van der Waals surface area contributed by atoms with Gasteiger partial charge < -0.3 is 14.7 Å². The number of hydrogen-bond donors (Lipinski definition) is 1. The fourth-order valence-electron chi connectivity index (χ4n) is 4.34. The predicted molar refractivity (Wildman–Crippen MR) is 95.8 cm³/mol. The Morgan fingerprint density at radius 1 is 1.04 bits per heavy atom. The van der Waals surface area contributed by atoms with Crippen molar-refractivity contribution < 1.29 is 19.4 Å². The third-order valence-electron chi connectivity index (χ3n) is 5.54. The molecule has 2 saturated heterocycles. The zero-order valence-corrected chi connectivity index (χ0v) is 14.3. The molecule has 5 heteroatoms. The number of amides is 1. The quantitative estimate of drug-likeness (QED) is 0.897. The number of carboxylic acid groups (broad SMARTS) is 1. The highest BCUT2D eigenvalue weighted by atomic mass is 16.6. The summed E-state index contributed by atoms with van der Waals surface area (Å²) in [4.78, 5) is 25.9. The number of ether oxygens (including phenoxy) is 1. The van der Waals surface area contributed by atoms with Crippen molar-refractivity contribution in [2.75, 3.05) is 13.1 Å². The van der Waals surface area contributed by atoms with E-state index in [0.717, 1.165) is 11.1 Å². The minimum absolute atomic E-state index is 0.208. The molecule has 134 valence electrons. The number of piperidine rings is 1. The van der Waals surface area contributed by atoms with Gasteiger partial charge in [-0.15, -0.1) is 0 Å². The third-order valence-corrected chi connectivity index (χ3v) is 5.54. The van der Waals surface area contributed by atoms with E-state index in [0.29, 0.717) is 19.5 Å². The highest BCUT2D eigenvalue weighted by Gasteiger charge is 2.49. The number of carbonyl (C=O) groups is 2. The van der Waals surface area contributed by atoms with E-state index in [-0.39, 0.29) is 24.0 Å². The molecule has 2 fully saturated rings. The monoisotopic (exact) mass is 351 g/mol. The molecule has 1 amide bonds. The summed E-state index contributed by atoms with van der Waals surface area (Å²) in [5.74, 6) is -1.99. The molecule has 2 aromatic rings. The second-order valence-corrected chi connectivity index (χ2v) is 6.98. The lowest BCUT2D eigenvalue weighted by Crippen LogP contribution is -2.44. The normalized spacial score (nSPS) is 23.0. The topological polar surface area (TPSA) is 66.8 Å². The van der Waals surface area contributed by atoms with Crippen LogP contribution in [0.15, 0.2) is 60.7 Å². The van der Waals surface area contributed by atoms with Crippen LogP contribution in [0.1, 0.15) is 23.5 Å². The first-order chi connectivity index (χ1) is 12.6. The van der Waals surface area contributed by atoms with Crippen molar-refractivity contribution in [3.63, 3.8) is 0 Å². The van der Waals surface area contributed by atoms with Crippen LogP contribution in [-0.4, -0.2) is 41.3 Å². The number of fused-ring (bicyclic) bond motifs is 2. The van der Waals surface area contributed by atoms with Crippen molar-refractivity contribution >= 4 is 12.1 Å². The van der Waals surface area contributed by atoms with Gasteiger partial charge in [0.1, 0.15) is 6.10 Å². The molecule has 2 aliphatic rings. The Morgan fingerprint density at radius 3 is 2.15 bits per heavy atom. The highest BCUT2D eigenvalue weighted by Crippen LogP contribution is 2.42. The second kappa shape index (κ2) is 6.83. The van der Waals surface area contributed by atoms with Gasteiger partial charge in [0.2, 0.25) is 0 Å². The Morgan fingerprint density at radius 2 is 1.62 bits per heavy atom. The van der Waals surface area contributed by atoms with Gasteiger partial charge >= 0.3 is 12.1 Å². The average Bonchev–Trinajstić information content (AvgIpc) is 2.96. The number of rotatable bonds is 5. The van der Waals surface area contributed by atoms with E-state index in [1.807, 2.05) is 60.7 Å². The Balaban J connectivity index is 1.76. The molecule has 2 unspecified atom stereocenters. The smallest absolute Gasteiger partial charge is 0.410 e. The molecule has 0 saturated carbocycles. The molecule has 0 radical (unpaired) electrons. The number of hydrogen-bond acceptors (Lipinski definition) is 3. The molecular formula is C21H21NO4. The first-order valence-corrected chi connectivity index (χ1v) is 8.93. The van der Waals surface area contributed by atoms with Crippen LogP contribution in [0.3, 0.4) is 0 Å². The Bertz CT molecular complexity index is 753. The highest BCUT2D eigenvalue weighted by molar-refractivity contribution is 5.74. The molecule has 2 aromatic carbocycles. The lowest BCUT2D eigenvalue weighted by atomic mass is 9.70. The molecule has 1 N–H and O–H groups in total. The summed E-state index contributed by atoms with van der Waals surface area (Å²) in [6.07, 6.45) is -0.0336. The van der Waals surface area contributed by atoms with Gasteiger partial charge in [-0.25, -0.2) is 4.79 Å². The number of carboxylic acids is 1. The SMILES string of the molecule is O=C(O)C(C(c1ccccc1)c1ccccc1)C1CCN2C[C@H]1OC2=O. The molecule has 26 heavy (non-hydrogen) atoms. The maximum Gasteiger partial charge on any atom is 0.410 e. The van der Waals surface area contributed by atoms with Crippen LogP contribution in [0.2, 0.25) is 0 Å². The summed E-state index contributed by atoms with van der Waals surface area (Å²) >= 11 is 0. The van der Waals surface area contributed by atoms with Gasteiger partial charge in [0.05, 0.1) is 12.5 Å². The van der Waals surface area contributed by atoms with Crippen LogP contribution in [-0.2, 0) is 9.53 Å². The zero-order valence-electron chi connectivity index (χ0n) is 14.3. The van der Waals surface area contributed by atoms with E-state index in [1.165, 1.54) is 0 Å². The number of benzene rings is 2. The van der Waals surface area contributed by atoms with Crippen LogP contribution in [0.4, 0.5) is 4.79 Å². The first kappa shape index (κ1) is 16.6. The van der Waals surface area contributed by atoms with Gasteiger partial charge in [0, 0.05) is 18.4 Å². The number of nitrogens with zero attached hydrogens (tertiary/aromatic N) is 1. The van der Waals surface area contributed by atoms with Crippen LogP contribution < -0.4 is 0 Å². The molecule has 2 heterocycles. The summed E-state index contributed by atoms with van der Waals surface area (Å²) in [6.45, 7) is 1.05. The molecular weight excluding hydrogens is 330 g/mol. The Hall–Kier alpha value is -2.82. The summed E-state index contributed by atoms with van der Waals surface area (Å²) in [5.41, 5.74) is 1.94. The Labute approximate surface area is 152 Å². The van der Waals surface area contributed by atoms with Crippen LogP contribution in [0, 0.1) is 11.8 Å². The lowest BCUT2D eigenvalue weighted by molar-refractivity contribution is -0.146. The van der Waals surface area contributed by atoms with Gasteiger partial charge in [0.25, 0.3) is 0 Å². The molecule has 0 aliphatic carbocycles. The van der Waals surface area contributed by atoms with Gasteiger partial charge in [-0.2, -0.15) is 0 Å². The average molecular weight is 351 g/mol. The molecule has 0 aromatic heterocycles. The second-order valence-electron chi connectivity index (χ2n) is 6.98. The fraction of sp³-hybridized carbons (Fsp3) is 0.333. The minimum Gasteiger partial charge on any atom is -0.481 e. The summed E-state index contributed by atoms with van der Waals surface area (Å²) < 4.78 is 5.47.